The number of phenols is 1. The molecule has 1 saturated heterocycles. The molecule has 3 amide bonds. The lowest BCUT2D eigenvalue weighted by atomic mass is 10.2. The summed E-state index contributed by atoms with van der Waals surface area (Å²) in [7, 11) is 0. The number of carbonyl (C=O) groups excluding carboxylic acids is 3. The number of halogens is 1. The van der Waals surface area contributed by atoms with Crippen molar-refractivity contribution in [1.82, 2.24) is 4.90 Å². The van der Waals surface area contributed by atoms with Gasteiger partial charge in [0.2, 0.25) is 5.91 Å². The van der Waals surface area contributed by atoms with Crippen molar-refractivity contribution < 1.29 is 24.2 Å². The summed E-state index contributed by atoms with van der Waals surface area (Å²) in [5.41, 5.74) is 1.08. The molecule has 150 valence electrons. The third-order valence-electron chi connectivity index (χ3n) is 3.89. The SMILES string of the molecule is CCOc1ccc(NC(=O)CN2C(=O)S/C(=C/c3ccc(O)c(Cl)c3)C2=O)cc1. The molecule has 2 aromatic carbocycles. The minimum atomic E-state index is -0.564. The minimum Gasteiger partial charge on any atom is -0.506 e. The molecular formula is C20H17ClN2O5S. The summed E-state index contributed by atoms with van der Waals surface area (Å²) >= 11 is 6.60. The highest BCUT2D eigenvalue weighted by molar-refractivity contribution is 8.18. The minimum absolute atomic E-state index is 0.0807. The second-order valence-corrected chi connectivity index (χ2v) is 7.38. The zero-order valence-corrected chi connectivity index (χ0v) is 16.9. The van der Waals surface area contributed by atoms with Gasteiger partial charge in [0.05, 0.1) is 16.5 Å². The number of ether oxygens (including phenoxy) is 1. The fourth-order valence-electron chi connectivity index (χ4n) is 2.55. The number of imide groups is 1. The van der Waals surface area contributed by atoms with Gasteiger partial charge in [-0.25, -0.2) is 0 Å². The average Bonchev–Trinajstić information content (AvgIpc) is 2.94. The van der Waals surface area contributed by atoms with Gasteiger partial charge in [-0.1, -0.05) is 17.7 Å². The number of hydrogen-bond donors (Lipinski definition) is 2. The van der Waals surface area contributed by atoms with E-state index in [0.29, 0.717) is 23.6 Å². The summed E-state index contributed by atoms with van der Waals surface area (Å²) < 4.78 is 5.33. The molecule has 7 nitrogen and oxygen atoms in total. The Morgan fingerprint density at radius 1 is 1.24 bits per heavy atom. The number of phenolic OH excluding ortho intramolecular Hbond substituents is 1. The molecule has 0 aromatic heterocycles. The van der Waals surface area contributed by atoms with Crippen LogP contribution in [0.2, 0.25) is 5.02 Å². The Bertz CT molecular complexity index is 991. The van der Waals surface area contributed by atoms with E-state index in [-0.39, 0.29) is 15.7 Å². The lowest BCUT2D eigenvalue weighted by molar-refractivity contribution is -0.127. The van der Waals surface area contributed by atoms with E-state index in [4.69, 9.17) is 16.3 Å². The number of hydrogen-bond acceptors (Lipinski definition) is 6. The predicted octanol–water partition coefficient (Wildman–Crippen LogP) is 4.12. The first-order valence-corrected chi connectivity index (χ1v) is 9.83. The van der Waals surface area contributed by atoms with Crippen molar-refractivity contribution in [2.45, 2.75) is 6.92 Å². The number of anilines is 1. The molecule has 2 aromatic rings. The summed E-state index contributed by atoms with van der Waals surface area (Å²) in [6.07, 6.45) is 1.49. The van der Waals surface area contributed by atoms with Crippen molar-refractivity contribution in [1.29, 1.82) is 0 Å². The van der Waals surface area contributed by atoms with Gasteiger partial charge in [-0.3, -0.25) is 19.3 Å². The van der Waals surface area contributed by atoms with Crippen LogP contribution in [0.4, 0.5) is 10.5 Å². The van der Waals surface area contributed by atoms with Crippen LogP contribution in [0.3, 0.4) is 0 Å². The summed E-state index contributed by atoms with van der Waals surface area (Å²) in [6.45, 7) is 2.01. The molecule has 0 unspecified atom stereocenters. The second-order valence-electron chi connectivity index (χ2n) is 5.98. The normalized spacial score (nSPS) is 15.1. The fraction of sp³-hybridized carbons (Fsp3) is 0.150. The van der Waals surface area contributed by atoms with Crippen molar-refractivity contribution in [2.24, 2.45) is 0 Å². The zero-order chi connectivity index (χ0) is 21.0. The molecule has 0 aliphatic carbocycles. The maximum atomic E-state index is 12.5. The molecule has 1 aliphatic heterocycles. The molecule has 9 heteroatoms. The van der Waals surface area contributed by atoms with Crippen molar-refractivity contribution >= 4 is 52.2 Å². The molecule has 0 saturated carbocycles. The molecule has 0 atom stereocenters. The van der Waals surface area contributed by atoms with E-state index in [1.807, 2.05) is 6.92 Å². The van der Waals surface area contributed by atoms with Crippen molar-refractivity contribution in [2.75, 3.05) is 18.5 Å². The van der Waals surface area contributed by atoms with Gasteiger partial charge in [0, 0.05) is 5.69 Å². The van der Waals surface area contributed by atoms with Crippen LogP contribution in [0.25, 0.3) is 6.08 Å². The van der Waals surface area contributed by atoms with Crippen molar-refractivity contribution in [3.63, 3.8) is 0 Å². The van der Waals surface area contributed by atoms with Crippen LogP contribution in [-0.4, -0.2) is 40.2 Å². The Labute approximate surface area is 176 Å². The molecule has 29 heavy (non-hydrogen) atoms. The van der Waals surface area contributed by atoms with Crippen LogP contribution in [0.5, 0.6) is 11.5 Å². The van der Waals surface area contributed by atoms with Gasteiger partial charge >= 0.3 is 0 Å². The Morgan fingerprint density at radius 2 is 1.97 bits per heavy atom. The molecule has 3 rings (SSSR count). The monoisotopic (exact) mass is 432 g/mol. The average molecular weight is 433 g/mol. The molecule has 0 spiro atoms. The number of thioether (sulfide) groups is 1. The Kier molecular flexibility index (Phi) is 6.46. The Morgan fingerprint density at radius 3 is 2.62 bits per heavy atom. The molecule has 2 N–H and O–H groups in total. The maximum Gasteiger partial charge on any atom is 0.294 e. The number of amides is 3. The molecule has 0 radical (unpaired) electrons. The van der Waals surface area contributed by atoms with E-state index in [2.05, 4.69) is 5.32 Å². The number of carbonyl (C=O) groups is 3. The van der Waals surface area contributed by atoms with Gasteiger partial charge in [0.1, 0.15) is 18.0 Å². The maximum absolute atomic E-state index is 12.5. The summed E-state index contributed by atoms with van der Waals surface area (Å²) in [5.74, 6) is -0.463. The van der Waals surface area contributed by atoms with E-state index in [0.717, 1.165) is 16.7 Å². The van der Waals surface area contributed by atoms with E-state index >= 15 is 0 Å². The first kappa shape index (κ1) is 20.8. The van der Waals surface area contributed by atoms with Crippen LogP contribution < -0.4 is 10.1 Å². The third-order valence-corrected chi connectivity index (χ3v) is 5.10. The summed E-state index contributed by atoms with van der Waals surface area (Å²) in [4.78, 5) is 38.0. The van der Waals surface area contributed by atoms with E-state index < -0.39 is 23.6 Å². The molecule has 1 aliphatic rings. The molecule has 1 heterocycles. The largest absolute Gasteiger partial charge is 0.506 e. The van der Waals surface area contributed by atoms with Crippen molar-refractivity contribution in [3.05, 3.63) is 58.0 Å². The smallest absolute Gasteiger partial charge is 0.294 e. The number of aromatic hydroxyl groups is 1. The molecule has 1 fully saturated rings. The number of nitrogens with one attached hydrogen (secondary N) is 1. The van der Waals surface area contributed by atoms with Gasteiger partial charge < -0.3 is 15.2 Å². The predicted molar refractivity (Wildman–Crippen MR) is 112 cm³/mol. The zero-order valence-electron chi connectivity index (χ0n) is 15.3. The van der Waals surface area contributed by atoms with E-state index in [1.165, 1.54) is 18.2 Å². The van der Waals surface area contributed by atoms with Crippen LogP contribution in [0.15, 0.2) is 47.4 Å². The van der Waals surface area contributed by atoms with Gasteiger partial charge in [-0.15, -0.1) is 0 Å². The van der Waals surface area contributed by atoms with Gasteiger partial charge in [-0.05, 0) is 66.7 Å². The molecule has 0 bridgehead atoms. The van der Waals surface area contributed by atoms with Crippen LogP contribution in [0.1, 0.15) is 12.5 Å². The Balaban J connectivity index is 1.65. The first-order chi connectivity index (χ1) is 13.9. The van der Waals surface area contributed by atoms with E-state index in [1.54, 1.807) is 30.3 Å². The van der Waals surface area contributed by atoms with E-state index in [9.17, 15) is 19.5 Å². The highest BCUT2D eigenvalue weighted by atomic mass is 35.5. The first-order valence-electron chi connectivity index (χ1n) is 8.64. The fourth-order valence-corrected chi connectivity index (χ4v) is 3.57. The van der Waals surface area contributed by atoms with Crippen molar-refractivity contribution in [3.8, 4) is 11.5 Å². The number of benzene rings is 2. The van der Waals surface area contributed by atoms with Gasteiger partial charge in [0.25, 0.3) is 11.1 Å². The standard InChI is InChI=1S/C20H17ClN2O5S/c1-2-28-14-6-4-13(5-7-14)22-18(25)11-23-19(26)17(29-20(23)27)10-12-3-8-16(24)15(21)9-12/h3-10,24H,2,11H2,1H3,(H,22,25)/b17-10+. The summed E-state index contributed by atoms with van der Waals surface area (Å²) in [6, 6.07) is 11.2. The van der Waals surface area contributed by atoms with Gasteiger partial charge in [0.15, 0.2) is 0 Å². The summed E-state index contributed by atoms with van der Waals surface area (Å²) in [5, 5.41) is 11.7. The highest BCUT2D eigenvalue weighted by Gasteiger charge is 2.36. The van der Waals surface area contributed by atoms with Crippen LogP contribution in [-0.2, 0) is 9.59 Å². The molecular weight excluding hydrogens is 416 g/mol. The van der Waals surface area contributed by atoms with Gasteiger partial charge in [-0.2, -0.15) is 0 Å². The quantitative estimate of drug-likeness (QED) is 0.666. The number of rotatable bonds is 6. The Hall–Kier alpha value is -2.97. The second kappa shape index (κ2) is 9.02. The lowest BCUT2D eigenvalue weighted by Gasteiger charge is -2.12. The van der Waals surface area contributed by atoms with Crippen LogP contribution in [0, 0.1) is 0 Å². The topological polar surface area (TPSA) is 95.9 Å². The number of nitrogens with zero attached hydrogens (tertiary/aromatic N) is 1. The third kappa shape index (κ3) is 5.10. The van der Waals surface area contributed by atoms with Crippen LogP contribution >= 0.6 is 23.4 Å². The highest BCUT2D eigenvalue weighted by Crippen LogP contribution is 2.33. The lowest BCUT2D eigenvalue weighted by Crippen LogP contribution is -2.36.